The molecule has 0 radical (unpaired) electrons. The monoisotopic (exact) mass is 394 g/mol. The minimum atomic E-state index is -4.43. The van der Waals surface area contributed by atoms with Gasteiger partial charge in [0, 0.05) is 22.3 Å². The molecule has 27 heavy (non-hydrogen) atoms. The van der Waals surface area contributed by atoms with Gasteiger partial charge in [0.15, 0.2) is 0 Å². The molecule has 0 aliphatic carbocycles. The summed E-state index contributed by atoms with van der Waals surface area (Å²) in [6.45, 7) is 1.75. The third kappa shape index (κ3) is 4.63. The van der Waals surface area contributed by atoms with E-state index in [0.717, 1.165) is 17.0 Å². The van der Waals surface area contributed by atoms with Crippen LogP contribution in [0, 0.1) is 0 Å². The summed E-state index contributed by atoms with van der Waals surface area (Å²) in [6.07, 6.45) is -4.13. The van der Waals surface area contributed by atoms with Gasteiger partial charge in [0.25, 0.3) is 0 Å². The number of hydrogen-bond donors (Lipinski definition) is 1. The number of alkyl halides is 3. The first-order chi connectivity index (χ1) is 12.7. The largest absolute Gasteiger partial charge is 0.416 e. The molecule has 2 aromatic carbocycles. The van der Waals surface area contributed by atoms with Crippen LogP contribution in [0.2, 0.25) is 0 Å². The zero-order valence-corrected chi connectivity index (χ0v) is 15.2. The van der Waals surface area contributed by atoms with Crippen LogP contribution in [0.1, 0.15) is 18.9 Å². The summed E-state index contributed by atoms with van der Waals surface area (Å²) in [5.41, 5.74) is 0.119. The van der Waals surface area contributed by atoms with Crippen LogP contribution in [0.15, 0.2) is 53.4 Å². The fourth-order valence-corrected chi connectivity index (χ4v) is 3.90. The first-order valence-corrected chi connectivity index (χ1v) is 9.15. The summed E-state index contributed by atoms with van der Waals surface area (Å²) < 4.78 is 37.8. The van der Waals surface area contributed by atoms with Crippen molar-refractivity contribution in [3.05, 3.63) is 54.1 Å². The van der Waals surface area contributed by atoms with Crippen molar-refractivity contribution >= 4 is 35.0 Å². The molecule has 1 aliphatic heterocycles. The number of benzene rings is 2. The van der Waals surface area contributed by atoms with Crippen molar-refractivity contribution in [3.8, 4) is 0 Å². The van der Waals surface area contributed by atoms with Crippen molar-refractivity contribution in [2.24, 2.45) is 0 Å². The molecular formula is C19H17F3N2O2S. The number of nitrogens with zero attached hydrogens (tertiary/aromatic N) is 1. The van der Waals surface area contributed by atoms with Crippen LogP contribution in [-0.2, 0) is 15.8 Å². The van der Waals surface area contributed by atoms with Crippen LogP contribution < -0.4 is 10.2 Å². The van der Waals surface area contributed by atoms with E-state index < -0.39 is 17.6 Å². The summed E-state index contributed by atoms with van der Waals surface area (Å²) in [4.78, 5) is 27.3. The third-order valence-corrected chi connectivity index (χ3v) is 5.21. The predicted molar refractivity (Wildman–Crippen MR) is 98.8 cm³/mol. The van der Waals surface area contributed by atoms with Crippen LogP contribution in [0.5, 0.6) is 0 Å². The van der Waals surface area contributed by atoms with E-state index in [2.05, 4.69) is 5.32 Å². The number of hydrogen-bond acceptors (Lipinski definition) is 3. The highest BCUT2D eigenvalue weighted by Crippen LogP contribution is 2.37. The van der Waals surface area contributed by atoms with E-state index in [1.165, 1.54) is 17.0 Å². The lowest BCUT2D eigenvalue weighted by Crippen LogP contribution is -2.38. The van der Waals surface area contributed by atoms with Crippen molar-refractivity contribution in [2.45, 2.75) is 29.7 Å². The van der Waals surface area contributed by atoms with Crippen LogP contribution in [0.4, 0.5) is 24.5 Å². The first-order valence-electron chi connectivity index (χ1n) is 8.27. The third-order valence-electron chi connectivity index (χ3n) is 4.05. The standard InChI is InChI=1S/C19H17F3N2O2S/c1-12-10-18(26)24(15-4-2-3-5-16(15)27-12)11-17(25)23-14-8-6-13(7-9-14)19(20,21)22/h2-9,12H,10-11H2,1H3,(H,23,25). The number of amides is 2. The van der Waals surface area contributed by atoms with Crippen LogP contribution >= 0.6 is 11.8 Å². The predicted octanol–water partition coefficient (Wildman–Crippen LogP) is 4.56. The molecule has 1 atom stereocenters. The molecule has 1 heterocycles. The van der Waals surface area contributed by atoms with Crippen molar-refractivity contribution in [3.63, 3.8) is 0 Å². The number of para-hydroxylation sites is 1. The lowest BCUT2D eigenvalue weighted by Gasteiger charge is -2.22. The van der Waals surface area contributed by atoms with Gasteiger partial charge in [-0.25, -0.2) is 0 Å². The van der Waals surface area contributed by atoms with Crippen molar-refractivity contribution in [1.82, 2.24) is 0 Å². The number of carbonyl (C=O) groups excluding carboxylic acids is 2. The van der Waals surface area contributed by atoms with Gasteiger partial charge < -0.3 is 10.2 Å². The second-order valence-electron chi connectivity index (χ2n) is 6.20. The number of anilines is 2. The summed E-state index contributed by atoms with van der Waals surface area (Å²) >= 11 is 1.57. The van der Waals surface area contributed by atoms with Crippen molar-refractivity contribution in [1.29, 1.82) is 0 Å². The fourth-order valence-electron chi connectivity index (χ4n) is 2.79. The Morgan fingerprint density at radius 2 is 1.85 bits per heavy atom. The van der Waals surface area contributed by atoms with Gasteiger partial charge in [0.05, 0.1) is 11.3 Å². The molecule has 142 valence electrons. The van der Waals surface area contributed by atoms with Crippen molar-refractivity contribution < 1.29 is 22.8 Å². The number of nitrogens with one attached hydrogen (secondary N) is 1. The van der Waals surface area contributed by atoms with Crippen LogP contribution in [0.3, 0.4) is 0 Å². The number of rotatable bonds is 3. The lowest BCUT2D eigenvalue weighted by molar-refractivity contribution is -0.137. The molecule has 2 aromatic rings. The smallest absolute Gasteiger partial charge is 0.325 e. The molecule has 2 amide bonds. The maximum atomic E-state index is 12.6. The minimum absolute atomic E-state index is 0.0848. The molecule has 4 nitrogen and oxygen atoms in total. The van der Waals surface area contributed by atoms with E-state index in [9.17, 15) is 22.8 Å². The average Bonchev–Trinajstić information content (AvgIpc) is 2.70. The number of thioether (sulfide) groups is 1. The molecule has 1 unspecified atom stereocenters. The Hall–Kier alpha value is -2.48. The second kappa shape index (κ2) is 7.64. The molecular weight excluding hydrogens is 377 g/mol. The Morgan fingerprint density at radius 1 is 1.19 bits per heavy atom. The SMILES string of the molecule is CC1CC(=O)N(CC(=O)Nc2ccc(C(F)(F)F)cc2)c2ccccc2S1. The molecule has 0 fully saturated rings. The van der Waals surface area contributed by atoms with E-state index in [1.807, 2.05) is 19.1 Å². The van der Waals surface area contributed by atoms with Gasteiger partial charge in [-0.05, 0) is 36.4 Å². The Balaban J connectivity index is 1.74. The number of carbonyl (C=O) groups is 2. The molecule has 0 aromatic heterocycles. The highest BCUT2D eigenvalue weighted by atomic mass is 32.2. The molecule has 1 N–H and O–H groups in total. The molecule has 8 heteroatoms. The molecule has 1 aliphatic rings. The maximum absolute atomic E-state index is 12.6. The molecule has 0 saturated heterocycles. The molecule has 0 bridgehead atoms. The number of halogens is 3. The summed E-state index contributed by atoms with van der Waals surface area (Å²) in [5.74, 6) is -0.639. The summed E-state index contributed by atoms with van der Waals surface area (Å²) in [5, 5.41) is 2.63. The summed E-state index contributed by atoms with van der Waals surface area (Å²) in [7, 11) is 0. The van der Waals surface area contributed by atoms with Gasteiger partial charge in [-0.1, -0.05) is 19.1 Å². The number of fused-ring (bicyclic) bond motifs is 1. The van der Waals surface area contributed by atoms with E-state index in [0.29, 0.717) is 12.1 Å². The molecule has 3 rings (SSSR count). The van der Waals surface area contributed by atoms with Crippen molar-refractivity contribution in [2.75, 3.05) is 16.8 Å². The fraction of sp³-hybridized carbons (Fsp3) is 0.263. The van der Waals surface area contributed by atoms with Gasteiger partial charge in [-0.2, -0.15) is 13.2 Å². The van der Waals surface area contributed by atoms with E-state index >= 15 is 0 Å². The summed E-state index contributed by atoms with van der Waals surface area (Å²) in [6, 6.07) is 11.5. The Kier molecular flexibility index (Phi) is 5.46. The van der Waals surface area contributed by atoms with E-state index in [4.69, 9.17) is 0 Å². The van der Waals surface area contributed by atoms with Gasteiger partial charge in [-0.3, -0.25) is 9.59 Å². The van der Waals surface area contributed by atoms with Crippen LogP contribution in [-0.4, -0.2) is 23.6 Å². The molecule has 0 spiro atoms. The zero-order valence-electron chi connectivity index (χ0n) is 14.4. The minimum Gasteiger partial charge on any atom is -0.325 e. The normalized spacial score (nSPS) is 17.3. The highest BCUT2D eigenvalue weighted by molar-refractivity contribution is 8.00. The highest BCUT2D eigenvalue weighted by Gasteiger charge is 2.30. The van der Waals surface area contributed by atoms with Gasteiger partial charge in [0.2, 0.25) is 11.8 Å². The van der Waals surface area contributed by atoms with Crippen LogP contribution in [0.25, 0.3) is 0 Å². The quantitative estimate of drug-likeness (QED) is 0.830. The van der Waals surface area contributed by atoms with Gasteiger partial charge >= 0.3 is 6.18 Å². The topological polar surface area (TPSA) is 49.4 Å². The van der Waals surface area contributed by atoms with Gasteiger partial charge in [0.1, 0.15) is 6.54 Å². The zero-order chi connectivity index (χ0) is 19.6. The first kappa shape index (κ1) is 19.3. The molecule has 0 saturated carbocycles. The maximum Gasteiger partial charge on any atom is 0.416 e. The lowest BCUT2D eigenvalue weighted by atomic mass is 10.2. The Bertz CT molecular complexity index is 853. The van der Waals surface area contributed by atoms with Gasteiger partial charge in [-0.15, -0.1) is 11.8 Å². The Labute approximate surface area is 158 Å². The van der Waals surface area contributed by atoms with E-state index in [1.54, 1.807) is 23.9 Å². The van der Waals surface area contributed by atoms with E-state index in [-0.39, 0.29) is 23.4 Å². The second-order valence-corrected chi connectivity index (χ2v) is 7.68. The average molecular weight is 394 g/mol. The Morgan fingerprint density at radius 3 is 2.52 bits per heavy atom.